The molecule has 0 aromatic heterocycles. The maximum absolute atomic E-state index is 14.4. The van der Waals surface area contributed by atoms with Gasteiger partial charge in [-0.2, -0.15) is 5.10 Å². The standard InChI is InChI=1S/C21H18F2N2O2/c1-13(27)25-21(10-4-6-14-5-2-3-7-17(14)21)18(12-26)20(24-25)16-11-15(22)8-9-19(16)23/h2-3,5,7-9,11-12,18H,4,6,10H2,1H3. The fraction of sp³-hybridized carbons (Fsp3) is 0.286. The molecule has 2 aromatic carbocycles. The van der Waals surface area contributed by atoms with Crippen LogP contribution in [0.25, 0.3) is 0 Å². The van der Waals surface area contributed by atoms with Crippen LogP contribution in [-0.2, 0) is 21.5 Å². The van der Waals surface area contributed by atoms with Gasteiger partial charge in [-0.15, -0.1) is 0 Å². The number of aldehydes is 1. The van der Waals surface area contributed by atoms with E-state index < -0.39 is 23.1 Å². The lowest BCUT2D eigenvalue weighted by molar-refractivity contribution is -0.137. The average Bonchev–Trinajstić information content (AvgIpc) is 2.98. The number of aryl methyl sites for hydroxylation is 1. The van der Waals surface area contributed by atoms with E-state index in [1.807, 2.05) is 24.3 Å². The summed E-state index contributed by atoms with van der Waals surface area (Å²) in [5.74, 6) is -2.52. The van der Waals surface area contributed by atoms with Gasteiger partial charge < -0.3 is 4.79 Å². The molecule has 27 heavy (non-hydrogen) atoms. The molecule has 4 rings (SSSR count). The second kappa shape index (κ2) is 6.37. The Labute approximate surface area is 155 Å². The van der Waals surface area contributed by atoms with Crippen molar-refractivity contribution in [2.24, 2.45) is 11.0 Å². The molecule has 0 N–H and O–H groups in total. The zero-order valence-corrected chi connectivity index (χ0v) is 14.8. The second-order valence-electron chi connectivity index (χ2n) is 6.99. The first-order chi connectivity index (χ1) is 13.0. The van der Waals surface area contributed by atoms with Crippen LogP contribution in [0.4, 0.5) is 8.78 Å². The van der Waals surface area contributed by atoms with Crippen molar-refractivity contribution in [1.82, 2.24) is 5.01 Å². The summed E-state index contributed by atoms with van der Waals surface area (Å²) in [6.45, 7) is 1.37. The van der Waals surface area contributed by atoms with Crippen LogP contribution in [-0.4, -0.2) is 22.9 Å². The van der Waals surface area contributed by atoms with Crippen molar-refractivity contribution in [3.8, 4) is 0 Å². The van der Waals surface area contributed by atoms with Crippen molar-refractivity contribution >= 4 is 17.9 Å². The Bertz CT molecular complexity index is 972. The lowest BCUT2D eigenvalue weighted by Crippen LogP contribution is -2.50. The second-order valence-corrected chi connectivity index (χ2v) is 6.99. The number of carbonyl (C=O) groups is 2. The summed E-state index contributed by atoms with van der Waals surface area (Å²) < 4.78 is 28.2. The highest BCUT2D eigenvalue weighted by Gasteiger charge is 2.56. The minimum Gasteiger partial charge on any atom is -0.303 e. The Hall–Kier alpha value is -2.89. The molecule has 0 bridgehead atoms. The van der Waals surface area contributed by atoms with E-state index >= 15 is 0 Å². The van der Waals surface area contributed by atoms with E-state index in [9.17, 15) is 18.4 Å². The quantitative estimate of drug-likeness (QED) is 0.761. The van der Waals surface area contributed by atoms with Gasteiger partial charge in [-0.3, -0.25) is 4.79 Å². The molecule has 0 saturated heterocycles. The molecule has 0 radical (unpaired) electrons. The van der Waals surface area contributed by atoms with Gasteiger partial charge in [-0.25, -0.2) is 13.8 Å². The molecule has 2 atom stereocenters. The number of rotatable bonds is 2. The largest absolute Gasteiger partial charge is 0.303 e. The van der Waals surface area contributed by atoms with Crippen LogP contribution in [0.3, 0.4) is 0 Å². The molecule has 1 heterocycles. The Morgan fingerprint density at radius 1 is 1.26 bits per heavy atom. The predicted octanol–water partition coefficient (Wildman–Crippen LogP) is 3.58. The van der Waals surface area contributed by atoms with Gasteiger partial charge in [0.1, 0.15) is 23.5 Å². The first-order valence-electron chi connectivity index (χ1n) is 8.87. The number of benzene rings is 2. The molecule has 138 valence electrons. The van der Waals surface area contributed by atoms with Gasteiger partial charge in [0.25, 0.3) is 0 Å². The lowest BCUT2D eigenvalue weighted by Gasteiger charge is -2.43. The summed E-state index contributed by atoms with van der Waals surface area (Å²) in [7, 11) is 0. The van der Waals surface area contributed by atoms with E-state index in [-0.39, 0.29) is 17.2 Å². The molecule has 2 aliphatic rings. The van der Waals surface area contributed by atoms with Crippen LogP contribution in [0.1, 0.15) is 36.5 Å². The molecular weight excluding hydrogens is 350 g/mol. The van der Waals surface area contributed by atoms with Crippen LogP contribution >= 0.6 is 0 Å². The van der Waals surface area contributed by atoms with Crippen LogP contribution in [0, 0.1) is 17.6 Å². The smallest absolute Gasteiger partial charge is 0.240 e. The molecule has 4 nitrogen and oxygen atoms in total. The number of hydrogen-bond acceptors (Lipinski definition) is 3. The van der Waals surface area contributed by atoms with Gasteiger partial charge in [0.2, 0.25) is 5.91 Å². The van der Waals surface area contributed by atoms with Crippen molar-refractivity contribution in [3.05, 3.63) is 70.8 Å². The number of hydrazone groups is 1. The van der Waals surface area contributed by atoms with E-state index in [2.05, 4.69) is 5.10 Å². The highest BCUT2D eigenvalue weighted by atomic mass is 19.1. The number of carbonyl (C=O) groups excluding carboxylic acids is 2. The number of fused-ring (bicyclic) bond motifs is 2. The van der Waals surface area contributed by atoms with E-state index in [0.29, 0.717) is 12.7 Å². The maximum atomic E-state index is 14.4. The van der Waals surface area contributed by atoms with Crippen molar-refractivity contribution in [3.63, 3.8) is 0 Å². The van der Waals surface area contributed by atoms with Gasteiger partial charge >= 0.3 is 0 Å². The topological polar surface area (TPSA) is 49.7 Å². The zero-order valence-electron chi connectivity index (χ0n) is 14.8. The van der Waals surface area contributed by atoms with Crippen molar-refractivity contribution in [1.29, 1.82) is 0 Å². The Kier molecular flexibility index (Phi) is 4.13. The number of nitrogens with zero attached hydrogens (tertiary/aromatic N) is 2. The Balaban J connectivity index is 1.96. The van der Waals surface area contributed by atoms with Gasteiger partial charge in [0.15, 0.2) is 0 Å². The van der Waals surface area contributed by atoms with Crippen LogP contribution in [0.15, 0.2) is 47.6 Å². The van der Waals surface area contributed by atoms with E-state index in [1.54, 1.807) is 0 Å². The summed E-state index contributed by atoms with van der Waals surface area (Å²) in [5.41, 5.74) is 0.889. The molecule has 2 unspecified atom stereocenters. The molecule has 0 fully saturated rings. The molecule has 1 amide bonds. The predicted molar refractivity (Wildman–Crippen MR) is 96.0 cm³/mol. The summed E-state index contributed by atoms with van der Waals surface area (Å²) in [6, 6.07) is 10.7. The maximum Gasteiger partial charge on any atom is 0.240 e. The average molecular weight is 368 g/mol. The van der Waals surface area contributed by atoms with E-state index in [1.165, 1.54) is 11.9 Å². The summed E-state index contributed by atoms with van der Waals surface area (Å²) in [6.07, 6.45) is 2.82. The van der Waals surface area contributed by atoms with Crippen molar-refractivity contribution < 1.29 is 18.4 Å². The summed E-state index contributed by atoms with van der Waals surface area (Å²) in [4.78, 5) is 24.7. The molecule has 1 aliphatic heterocycles. The Morgan fingerprint density at radius 3 is 2.78 bits per heavy atom. The van der Waals surface area contributed by atoms with Gasteiger partial charge in [-0.1, -0.05) is 24.3 Å². The number of hydrogen-bond donors (Lipinski definition) is 0. The fourth-order valence-corrected chi connectivity index (χ4v) is 4.45. The van der Waals surface area contributed by atoms with Gasteiger partial charge in [0.05, 0.1) is 11.6 Å². The van der Waals surface area contributed by atoms with Crippen LogP contribution in [0.5, 0.6) is 0 Å². The molecular formula is C21H18F2N2O2. The molecule has 1 aliphatic carbocycles. The first-order valence-corrected chi connectivity index (χ1v) is 8.87. The fourth-order valence-electron chi connectivity index (χ4n) is 4.45. The minimum atomic E-state index is -1.00. The van der Waals surface area contributed by atoms with Crippen LogP contribution in [0.2, 0.25) is 0 Å². The van der Waals surface area contributed by atoms with E-state index in [0.717, 1.165) is 42.2 Å². The highest BCUT2D eigenvalue weighted by Crippen LogP contribution is 2.50. The van der Waals surface area contributed by atoms with Gasteiger partial charge in [0, 0.05) is 12.5 Å². The SMILES string of the molecule is CC(=O)N1N=C(c2cc(F)ccc2F)C(C=O)C12CCCc1ccccc12. The molecule has 2 aromatic rings. The molecule has 0 saturated carbocycles. The normalized spacial score (nSPS) is 23.9. The third-order valence-corrected chi connectivity index (χ3v) is 5.52. The number of halogens is 2. The third kappa shape index (κ3) is 2.51. The third-order valence-electron chi connectivity index (χ3n) is 5.52. The number of amides is 1. The molecule has 1 spiro atoms. The highest BCUT2D eigenvalue weighted by molar-refractivity contribution is 6.12. The van der Waals surface area contributed by atoms with Crippen molar-refractivity contribution in [2.75, 3.05) is 0 Å². The lowest BCUT2D eigenvalue weighted by atomic mass is 9.67. The summed E-state index contributed by atoms with van der Waals surface area (Å²) >= 11 is 0. The van der Waals surface area contributed by atoms with Crippen LogP contribution < -0.4 is 0 Å². The van der Waals surface area contributed by atoms with Crippen molar-refractivity contribution in [2.45, 2.75) is 31.7 Å². The molecule has 6 heteroatoms. The van der Waals surface area contributed by atoms with E-state index in [4.69, 9.17) is 0 Å². The Morgan fingerprint density at radius 2 is 2.04 bits per heavy atom. The monoisotopic (exact) mass is 368 g/mol. The minimum absolute atomic E-state index is 0.0849. The summed E-state index contributed by atoms with van der Waals surface area (Å²) in [5, 5.41) is 5.65. The zero-order chi connectivity index (χ0) is 19.2. The first kappa shape index (κ1) is 17.5. The van der Waals surface area contributed by atoms with Gasteiger partial charge in [-0.05, 0) is 48.6 Å².